The zero-order valence-electron chi connectivity index (χ0n) is 23.3. The topological polar surface area (TPSA) is 9.23 Å². The van der Waals surface area contributed by atoms with E-state index in [0.29, 0.717) is 17.4 Å². The van der Waals surface area contributed by atoms with E-state index in [4.69, 9.17) is 4.74 Å². The summed E-state index contributed by atoms with van der Waals surface area (Å²) in [6.07, 6.45) is 8.14. The first-order valence-corrected chi connectivity index (χ1v) is 14.9. The van der Waals surface area contributed by atoms with E-state index in [1.165, 1.54) is 44.2 Å². The molecular weight excluding hydrogens is 488 g/mol. The van der Waals surface area contributed by atoms with Crippen molar-refractivity contribution in [3.05, 3.63) is 70.3 Å². The number of hydrogen-bond acceptors (Lipinski definition) is 1. The average Bonchev–Trinajstić information content (AvgIpc) is 2.91. The van der Waals surface area contributed by atoms with Crippen molar-refractivity contribution in [1.82, 2.24) is 0 Å². The molecule has 2 aromatic rings. The molecule has 1 atom stereocenters. The Morgan fingerprint density at radius 2 is 1.26 bits per heavy atom. The number of rotatable bonds is 10. The SMILES string of the molecule is CCCC1CCC(c2ccc(C(C)OC(F)(F)c3ccc(C4CCC(CCC)CC4)c(F)c3F)cc2)CC1. The highest BCUT2D eigenvalue weighted by atomic mass is 19.3. The van der Waals surface area contributed by atoms with Crippen LogP contribution in [0, 0.1) is 23.5 Å². The summed E-state index contributed by atoms with van der Waals surface area (Å²) >= 11 is 0. The summed E-state index contributed by atoms with van der Waals surface area (Å²) in [6, 6.07) is 10.00. The average molecular weight is 533 g/mol. The lowest BCUT2D eigenvalue weighted by atomic mass is 9.77. The van der Waals surface area contributed by atoms with Crippen LogP contribution < -0.4 is 0 Å². The van der Waals surface area contributed by atoms with Crippen molar-refractivity contribution < 1.29 is 22.3 Å². The summed E-state index contributed by atoms with van der Waals surface area (Å²) in [4.78, 5) is 0. The highest BCUT2D eigenvalue weighted by molar-refractivity contribution is 5.32. The van der Waals surface area contributed by atoms with Gasteiger partial charge < -0.3 is 4.74 Å². The summed E-state index contributed by atoms with van der Waals surface area (Å²) < 4.78 is 65.2. The minimum absolute atomic E-state index is 0.125. The van der Waals surface area contributed by atoms with Crippen LogP contribution in [0.25, 0.3) is 0 Å². The van der Waals surface area contributed by atoms with Gasteiger partial charge in [0.2, 0.25) is 0 Å². The largest absolute Gasteiger partial charge is 0.386 e. The third-order valence-corrected chi connectivity index (χ3v) is 9.15. The summed E-state index contributed by atoms with van der Waals surface area (Å²) in [5.74, 6) is -0.823. The minimum atomic E-state index is -3.95. The van der Waals surface area contributed by atoms with E-state index in [0.717, 1.165) is 63.4 Å². The second-order valence-corrected chi connectivity index (χ2v) is 11.8. The Morgan fingerprint density at radius 1 is 0.737 bits per heavy atom. The molecule has 0 N–H and O–H groups in total. The van der Waals surface area contributed by atoms with Gasteiger partial charge in [-0.3, -0.25) is 0 Å². The molecule has 0 aliphatic heterocycles. The molecule has 0 aromatic heterocycles. The minimum Gasteiger partial charge on any atom is -0.309 e. The summed E-state index contributed by atoms with van der Waals surface area (Å²) in [5.41, 5.74) is 1.000. The molecular formula is C33H44F4O. The molecule has 2 aliphatic rings. The fraction of sp³-hybridized carbons (Fsp3) is 0.636. The molecule has 38 heavy (non-hydrogen) atoms. The molecule has 2 saturated carbocycles. The number of hydrogen-bond donors (Lipinski definition) is 0. The Bertz CT molecular complexity index is 1020. The van der Waals surface area contributed by atoms with Gasteiger partial charge in [-0.15, -0.1) is 0 Å². The van der Waals surface area contributed by atoms with Crippen molar-refractivity contribution in [3.8, 4) is 0 Å². The van der Waals surface area contributed by atoms with Crippen LogP contribution in [0.4, 0.5) is 17.6 Å². The molecule has 1 nitrogen and oxygen atoms in total. The Morgan fingerprint density at radius 3 is 1.79 bits per heavy atom. The lowest BCUT2D eigenvalue weighted by Crippen LogP contribution is -2.23. The Balaban J connectivity index is 1.39. The third kappa shape index (κ3) is 6.81. The van der Waals surface area contributed by atoms with Gasteiger partial charge in [-0.2, -0.15) is 8.78 Å². The van der Waals surface area contributed by atoms with Gasteiger partial charge >= 0.3 is 6.11 Å². The van der Waals surface area contributed by atoms with Crippen LogP contribution in [0.1, 0.15) is 138 Å². The van der Waals surface area contributed by atoms with E-state index in [1.807, 2.05) is 24.3 Å². The monoisotopic (exact) mass is 532 g/mol. The molecule has 0 spiro atoms. The van der Waals surface area contributed by atoms with Crippen LogP contribution in [0.5, 0.6) is 0 Å². The smallest absolute Gasteiger partial charge is 0.309 e. The van der Waals surface area contributed by atoms with Crippen LogP contribution in [-0.4, -0.2) is 0 Å². The fourth-order valence-electron chi connectivity index (χ4n) is 6.86. The molecule has 210 valence electrons. The molecule has 0 radical (unpaired) electrons. The van der Waals surface area contributed by atoms with E-state index < -0.39 is 29.4 Å². The molecule has 0 saturated heterocycles. The predicted octanol–water partition coefficient (Wildman–Crippen LogP) is 10.9. The van der Waals surface area contributed by atoms with Crippen LogP contribution >= 0.6 is 0 Å². The van der Waals surface area contributed by atoms with E-state index in [2.05, 4.69) is 13.8 Å². The maximum atomic E-state index is 15.1. The summed E-state index contributed by atoms with van der Waals surface area (Å²) in [7, 11) is 0. The highest BCUT2D eigenvalue weighted by Crippen LogP contribution is 2.43. The molecule has 5 heteroatoms. The number of benzene rings is 2. The number of ether oxygens (including phenoxy) is 1. The second kappa shape index (κ2) is 13.0. The lowest BCUT2D eigenvalue weighted by Gasteiger charge is -2.29. The Labute approximate surface area is 226 Å². The standard InChI is InChI=1S/C33H44F4O/c1-4-6-23-8-12-26(13-9-23)27-18-16-25(17-19-27)22(3)38-33(36,37)30-21-20-29(31(34)32(30)35)28-14-10-24(7-5-2)11-15-28/h16-24,26,28H,4-15H2,1-3H3. The zero-order chi connectivity index (χ0) is 27.3. The van der Waals surface area contributed by atoms with Gasteiger partial charge in [0.25, 0.3) is 0 Å². The molecule has 0 bridgehead atoms. The van der Waals surface area contributed by atoms with Gasteiger partial charge in [0.1, 0.15) is 0 Å². The summed E-state index contributed by atoms with van der Waals surface area (Å²) in [5, 5.41) is 0. The maximum absolute atomic E-state index is 15.1. The second-order valence-electron chi connectivity index (χ2n) is 11.8. The Kier molecular flexibility index (Phi) is 9.95. The van der Waals surface area contributed by atoms with Gasteiger partial charge in [0.15, 0.2) is 11.6 Å². The maximum Gasteiger partial charge on any atom is 0.386 e. The quantitative estimate of drug-likeness (QED) is 0.277. The first kappa shape index (κ1) is 29.1. The first-order valence-electron chi connectivity index (χ1n) is 14.9. The lowest BCUT2D eigenvalue weighted by molar-refractivity contribution is -0.273. The Hall–Kier alpha value is -1.88. The van der Waals surface area contributed by atoms with Crippen molar-refractivity contribution in [2.75, 3.05) is 0 Å². The molecule has 0 heterocycles. The normalized spacial score (nSPS) is 25.3. The van der Waals surface area contributed by atoms with Crippen molar-refractivity contribution >= 4 is 0 Å². The molecule has 2 aromatic carbocycles. The van der Waals surface area contributed by atoms with Crippen LogP contribution in [0.2, 0.25) is 0 Å². The van der Waals surface area contributed by atoms with Gasteiger partial charge in [-0.1, -0.05) is 69.9 Å². The van der Waals surface area contributed by atoms with Gasteiger partial charge in [-0.25, -0.2) is 8.78 Å². The van der Waals surface area contributed by atoms with Gasteiger partial charge in [0.05, 0.1) is 11.7 Å². The van der Waals surface area contributed by atoms with Gasteiger partial charge in [-0.05, 0) is 105 Å². The van der Waals surface area contributed by atoms with Crippen molar-refractivity contribution in [2.24, 2.45) is 11.8 Å². The molecule has 0 amide bonds. The van der Waals surface area contributed by atoms with E-state index in [9.17, 15) is 4.39 Å². The zero-order valence-corrected chi connectivity index (χ0v) is 23.3. The van der Waals surface area contributed by atoms with Crippen LogP contribution in [0.15, 0.2) is 36.4 Å². The van der Waals surface area contributed by atoms with E-state index in [-0.39, 0.29) is 11.5 Å². The van der Waals surface area contributed by atoms with Crippen molar-refractivity contribution in [3.63, 3.8) is 0 Å². The molecule has 2 fully saturated rings. The van der Waals surface area contributed by atoms with Gasteiger partial charge in [0, 0.05) is 0 Å². The molecule has 2 aliphatic carbocycles. The van der Waals surface area contributed by atoms with E-state index in [1.54, 1.807) is 0 Å². The fourth-order valence-corrected chi connectivity index (χ4v) is 6.86. The van der Waals surface area contributed by atoms with Crippen LogP contribution in [-0.2, 0) is 10.8 Å². The van der Waals surface area contributed by atoms with Crippen molar-refractivity contribution in [2.45, 2.75) is 122 Å². The first-order chi connectivity index (χ1) is 18.2. The van der Waals surface area contributed by atoms with E-state index >= 15 is 13.2 Å². The highest BCUT2D eigenvalue weighted by Gasteiger charge is 2.40. The van der Waals surface area contributed by atoms with Crippen LogP contribution in [0.3, 0.4) is 0 Å². The number of alkyl halides is 2. The van der Waals surface area contributed by atoms with Crippen molar-refractivity contribution in [1.29, 1.82) is 0 Å². The third-order valence-electron chi connectivity index (χ3n) is 9.15. The molecule has 1 unspecified atom stereocenters. The number of halogens is 4. The summed E-state index contributed by atoms with van der Waals surface area (Å²) in [6.45, 7) is 5.91. The molecule has 4 rings (SSSR count). The predicted molar refractivity (Wildman–Crippen MR) is 145 cm³/mol.